The van der Waals surface area contributed by atoms with Gasteiger partial charge in [-0.05, 0) is 49.6 Å². The highest BCUT2D eigenvalue weighted by Crippen LogP contribution is 2.38. The first-order valence-electron chi connectivity index (χ1n) is 13.7. The van der Waals surface area contributed by atoms with Crippen LogP contribution in [0.3, 0.4) is 0 Å². The maximum absolute atomic E-state index is 13.6. The number of carbonyl (C=O) groups excluding carboxylic acids is 1. The van der Waals surface area contributed by atoms with Crippen LogP contribution in [-0.4, -0.2) is 83.1 Å². The van der Waals surface area contributed by atoms with E-state index >= 15 is 0 Å². The topological polar surface area (TPSA) is 66.7 Å². The molecule has 5 heterocycles. The lowest BCUT2D eigenvalue weighted by Crippen LogP contribution is -2.60. The second-order valence-corrected chi connectivity index (χ2v) is 11.6. The number of piperidine rings is 3. The van der Waals surface area contributed by atoms with Gasteiger partial charge in [-0.15, -0.1) is 16.9 Å². The molecule has 4 saturated heterocycles. The highest BCUT2D eigenvalue weighted by molar-refractivity contribution is 7.98. The molecular weight excluding hydrogens is 496 g/mol. The molecule has 4 atom stereocenters. The van der Waals surface area contributed by atoms with Crippen molar-refractivity contribution in [1.82, 2.24) is 24.8 Å². The number of anilines is 1. The third kappa shape index (κ3) is 5.40. The Balaban J connectivity index is 1.01. The Bertz CT molecular complexity index is 1230. The number of rotatable bonds is 8. The minimum Gasteiger partial charge on any atom is -0.495 e. The summed E-state index contributed by atoms with van der Waals surface area (Å²) in [5.41, 5.74) is 2.12. The molecule has 4 aliphatic rings. The van der Waals surface area contributed by atoms with E-state index in [1.54, 1.807) is 18.9 Å². The largest absolute Gasteiger partial charge is 0.495 e. The molecule has 1 amide bonds. The number of methoxy groups -OCH3 is 1. The maximum atomic E-state index is 13.6. The second kappa shape index (κ2) is 11.4. The Morgan fingerprint density at radius 3 is 2.58 bits per heavy atom. The summed E-state index contributed by atoms with van der Waals surface area (Å²) in [6, 6.07) is 19.0. The van der Waals surface area contributed by atoms with Gasteiger partial charge in [0.25, 0.3) is 0 Å². The predicted octanol–water partition coefficient (Wildman–Crippen LogP) is 3.64. The molecule has 7 rings (SSSR count). The summed E-state index contributed by atoms with van der Waals surface area (Å²) >= 11 is 1.78. The van der Waals surface area contributed by atoms with Gasteiger partial charge in [-0.3, -0.25) is 14.4 Å². The van der Waals surface area contributed by atoms with Gasteiger partial charge in [0, 0.05) is 55.6 Å². The highest BCUT2D eigenvalue weighted by atomic mass is 32.2. The van der Waals surface area contributed by atoms with Gasteiger partial charge in [-0.1, -0.05) is 35.5 Å². The molecule has 200 valence electrons. The third-order valence-electron chi connectivity index (χ3n) is 8.33. The number of fused-ring (bicyclic) bond motifs is 3. The highest BCUT2D eigenvalue weighted by Gasteiger charge is 2.44. The molecule has 0 spiro atoms. The fourth-order valence-corrected chi connectivity index (χ4v) is 7.08. The van der Waals surface area contributed by atoms with E-state index in [2.05, 4.69) is 61.5 Å². The standard InChI is InChI=1S/C29H36N6O2S/c1-37-28-10-6-5-9-27(28)32-13-15-33(16-14-32)29(36)26-20-34-12-11-22(26)17-24(34)19-35-18-23(30-31-35)21-38-25-7-3-2-4-8-25/h2-10,18,22,24,26H,11-17,19-21H2,1H3/t22?,24-,26+/m1/s1. The first-order valence-corrected chi connectivity index (χ1v) is 14.6. The molecule has 9 heteroatoms. The Morgan fingerprint density at radius 2 is 1.82 bits per heavy atom. The molecule has 0 saturated carbocycles. The van der Waals surface area contributed by atoms with Gasteiger partial charge < -0.3 is 14.5 Å². The number of para-hydroxylation sites is 2. The van der Waals surface area contributed by atoms with Crippen LogP contribution < -0.4 is 9.64 Å². The van der Waals surface area contributed by atoms with E-state index in [1.165, 1.54) is 4.90 Å². The average molecular weight is 533 g/mol. The number of aromatic nitrogens is 3. The van der Waals surface area contributed by atoms with Crippen LogP contribution in [-0.2, 0) is 17.1 Å². The van der Waals surface area contributed by atoms with Gasteiger partial charge in [0.2, 0.25) is 5.91 Å². The number of nitrogens with zero attached hydrogens (tertiary/aromatic N) is 6. The molecule has 4 fully saturated rings. The van der Waals surface area contributed by atoms with Crippen molar-refractivity contribution in [3.05, 3.63) is 66.5 Å². The number of thioether (sulfide) groups is 1. The van der Waals surface area contributed by atoms with Gasteiger partial charge in [0.05, 0.1) is 31.0 Å². The number of hydrogen-bond donors (Lipinski definition) is 0. The van der Waals surface area contributed by atoms with Gasteiger partial charge in [-0.2, -0.15) is 0 Å². The van der Waals surface area contributed by atoms with E-state index in [-0.39, 0.29) is 5.92 Å². The lowest BCUT2D eigenvalue weighted by Gasteiger charge is -2.50. The molecule has 8 nitrogen and oxygen atoms in total. The van der Waals surface area contributed by atoms with Crippen molar-refractivity contribution in [3.63, 3.8) is 0 Å². The van der Waals surface area contributed by atoms with Crippen molar-refractivity contribution in [3.8, 4) is 5.75 Å². The number of benzene rings is 2. The zero-order chi connectivity index (χ0) is 25.9. The molecule has 1 aromatic heterocycles. The summed E-state index contributed by atoms with van der Waals surface area (Å²) in [6.45, 7) is 6.01. The Morgan fingerprint density at radius 1 is 1.03 bits per heavy atom. The van der Waals surface area contributed by atoms with Crippen LogP contribution in [0.25, 0.3) is 0 Å². The lowest BCUT2D eigenvalue weighted by atomic mass is 9.75. The maximum Gasteiger partial charge on any atom is 0.227 e. The van der Waals surface area contributed by atoms with Crippen LogP contribution in [0, 0.1) is 11.8 Å². The smallest absolute Gasteiger partial charge is 0.227 e. The van der Waals surface area contributed by atoms with E-state index < -0.39 is 0 Å². The molecular formula is C29H36N6O2S. The summed E-state index contributed by atoms with van der Waals surface area (Å²) in [4.78, 5) is 21.8. The van der Waals surface area contributed by atoms with Crippen molar-refractivity contribution in [2.45, 2.75) is 36.1 Å². The molecule has 2 unspecified atom stereocenters. The van der Waals surface area contributed by atoms with E-state index in [0.717, 1.165) is 81.5 Å². The zero-order valence-electron chi connectivity index (χ0n) is 22.0. The monoisotopic (exact) mass is 532 g/mol. The predicted molar refractivity (Wildman–Crippen MR) is 149 cm³/mol. The van der Waals surface area contributed by atoms with Gasteiger partial charge >= 0.3 is 0 Å². The molecule has 0 N–H and O–H groups in total. The number of amides is 1. The van der Waals surface area contributed by atoms with Crippen LogP contribution in [0.15, 0.2) is 65.7 Å². The minimum absolute atomic E-state index is 0.117. The number of hydrogen-bond acceptors (Lipinski definition) is 7. The number of carbonyl (C=O) groups is 1. The Hall–Kier alpha value is -3.04. The molecule has 0 aliphatic carbocycles. The zero-order valence-corrected chi connectivity index (χ0v) is 22.8. The number of ether oxygens (including phenoxy) is 1. The summed E-state index contributed by atoms with van der Waals surface area (Å²) in [5, 5.41) is 8.82. The number of piperazine rings is 1. The second-order valence-electron chi connectivity index (χ2n) is 10.6. The molecule has 0 radical (unpaired) electrons. The van der Waals surface area contributed by atoms with E-state index in [0.29, 0.717) is 17.9 Å². The fourth-order valence-electron chi connectivity index (χ4n) is 6.28. The Kier molecular flexibility index (Phi) is 7.56. The van der Waals surface area contributed by atoms with Crippen LogP contribution in [0.5, 0.6) is 5.75 Å². The summed E-state index contributed by atoms with van der Waals surface area (Å²) in [5.74, 6) is 2.64. The van der Waals surface area contributed by atoms with Crippen LogP contribution >= 0.6 is 11.8 Å². The van der Waals surface area contributed by atoms with Gasteiger partial charge in [0.15, 0.2) is 0 Å². The van der Waals surface area contributed by atoms with Crippen molar-refractivity contribution in [2.24, 2.45) is 11.8 Å². The van der Waals surface area contributed by atoms with Gasteiger partial charge in [-0.25, -0.2) is 0 Å². The van der Waals surface area contributed by atoms with Crippen LogP contribution in [0.1, 0.15) is 18.5 Å². The Labute approximate surface area is 228 Å². The summed E-state index contributed by atoms with van der Waals surface area (Å²) in [7, 11) is 1.71. The first-order chi connectivity index (χ1) is 18.7. The first kappa shape index (κ1) is 25.2. The molecule has 4 aliphatic heterocycles. The van der Waals surface area contributed by atoms with Crippen LogP contribution in [0.4, 0.5) is 5.69 Å². The van der Waals surface area contributed by atoms with Crippen molar-refractivity contribution in [2.75, 3.05) is 51.3 Å². The average Bonchev–Trinajstić information content (AvgIpc) is 3.44. The van der Waals surface area contributed by atoms with Crippen molar-refractivity contribution in [1.29, 1.82) is 0 Å². The van der Waals surface area contributed by atoms with E-state index in [4.69, 9.17) is 4.74 Å². The fraction of sp³-hybridized carbons (Fsp3) is 0.483. The van der Waals surface area contributed by atoms with Crippen molar-refractivity contribution >= 4 is 23.4 Å². The summed E-state index contributed by atoms with van der Waals surface area (Å²) in [6.07, 6.45) is 4.26. The lowest BCUT2D eigenvalue weighted by molar-refractivity contribution is -0.144. The van der Waals surface area contributed by atoms with E-state index in [9.17, 15) is 4.79 Å². The molecule has 2 aromatic carbocycles. The minimum atomic E-state index is 0.117. The molecule has 2 bridgehead atoms. The van der Waals surface area contributed by atoms with Crippen molar-refractivity contribution < 1.29 is 9.53 Å². The quantitative estimate of drug-likeness (QED) is 0.411. The third-order valence-corrected chi connectivity index (χ3v) is 9.37. The SMILES string of the molecule is COc1ccccc1N1CCN(C(=O)[C@H]2CN3CCC2C[C@@H]3Cn2cc(CSc3ccccc3)nn2)CC1. The molecule has 38 heavy (non-hydrogen) atoms. The normalized spacial score (nSPS) is 25.0. The van der Waals surface area contributed by atoms with Crippen LogP contribution in [0.2, 0.25) is 0 Å². The summed E-state index contributed by atoms with van der Waals surface area (Å²) < 4.78 is 7.55. The molecule has 3 aromatic rings. The van der Waals surface area contributed by atoms with E-state index in [1.807, 2.05) is 28.9 Å². The van der Waals surface area contributed by atoms with Gasteiger partial charge in [0.1, 0.15) is 5.75 Å².